The van der Waals surface area contributed by atoms with Crippen molar-refractivity contribution in [1.29, 1.82) is 0 Å². The van der Waals surface area contributed by atoms with Gasteiger partial charge in [0.1, 0.15) is 5.02 Å². The van der Waals surface area contributed by atoms with Crippen molar-refractivity contribution in [1.82, 2.24) is 20.0 Å². The van der Waals surface area contributed by atoms with Crippen molar-refractivity contribution in [3.05, 3.63) is 75.3 Å². The molecular formula is C18H13Cl2N5OS. The van der Waals surface area contributed by atoms with Gasteiger partial charge in [-0.3, -0.25) is 14.6 Å². The fourth-order valence-corrected chi connectivity index (χ4v) is 3.52. The molecule has 6 nitrogen and oxygen atoms in total. The zero-order chi connectivity index (χ0) is 18.8. The van der Waals surface area contributed by atoms with Crippen LogP contribution in [0.1, 0.15) is 16.1 Å². The van der Waals surface area contributed by atoms with Gasteiger partial charge in [-0.15, -0.1) is 11.3 Å². The number of rotatable bonds is 5. The first-order valence-corrected chi connectivity index (χ1v) is 9.60. The molecular weight excluding hydrogens is 405 g/mol. The topological polar surface area (TPSA) is 75.6 Å². The molecule has 0 aliphatic heterocycles. The predicted octanol–water partition coefficient (Wildman–Crippen LogP) is 4.94. The number of hydrogen-bond acceptors (Lipinski definition) is 4. The van der Waals surface area contributed by atoms with Crippen LogP contribution in [-0.2, 0) is 6.54 Å². The van der Waals surface area contributed by atoms with Gasteiger partial charge in [0, 0.05) is 11.2 Å². The van der Waals surface area contributed by atoms with E-state index in [0.717, 1.165) is 16.1 Å². The fourth-order valence-electron chi connectivity index (χ4n) is 2.51. The first-order valence-electron chi connectivity index (χ1n) is 7.96. The molecule has 0 radical (unpaired) electrons. The number of carbonyl (C=O) groups is 1. The molecule has 4 aromatic rings. The maximum atomic E-state index is 12.4. The molecule has 2 N–H and O–H groups in total. The molecule has 0 bridgehead atoms. The maximum Gasteiger partial charge on any atom is 0.277 e. The minimum absolute atomic E-state index is 0.265. The van der Waals surface area contributed by atoms with E-state index in [4.69, 9.17) is 23.2 Å². The van der Waals surface area contributed by atoms with Gasteiger partial charge in [0.15, 0.2) is 11.5 Å². The number of thiophene rings is 1. The monoisotopic (exact) mass is 417 g/mol. The Balaban J connectivity index is 1.47. The fraction of sp³-hybridized carbons (Fsp3) is 0.0556. The standard InChI is InChI=1S/C18H13Cl2N5OS/c19-12-5-3-11(4-6-12)9-25-10-13(20)17(24-25)21-18(26)15-8-14(22-23-15)16-2-1-7-27-16/h1-8,10H,9H2,(H,22,23)(H,21,24,26). The van der Waals surface area contributed by atoms with Crippen molar-refractivity contribution in [3.63, 3.8) is 0 Å². The number of aromatic nitrogens is 4. The van der Waals surface area contributed by atoms with Crippen LogP contribution in [0.15, 0.2) is 54.0 Å². The quantitative estimate of drug-likeness (QED) is 0.482. The summed E-state index contributed by atoms with van der Waals surface area (Å²) in [5.41, 5.74) is 2.07. The van der Waals surface area contributed by atoms with E-state index >= 15 is 0 Å². The van der Waals surface area contributed by atoms with Crippen molar-refractivity contribution in [2.45, 2.75) is 6.54 Å². The molecule has 1 amide bonds. The molecule has 3 heterocycles. The van der Waals surface area contributed by atoms with Crippen LogP contribution in [0, 0.1) is 0 Å². The minimum atomic E-state index is -0.382. The maximum absolute atomic E-state index is 12.4. The second kappa shape index (κ2) is 7.56. The molecule has 27 heavy (non-hydrogen) atoms. The van der Waals surface area contributed by atoms with Gasteiger partial charge in [-0.05, 0) is 35.2 Å². The summed E-state index contributed by atoms with van der Waals surface area (Å²) in [4.78, 5) is 13.4. The number of aromatic amines is 1. The van der Waals surface area contributed by atoms with Crippen LogP contribution >= 0.6 is 34.5 Å². The Morgan fingerprint density at radius 3 is 2.78 bits per heavy atom. The number of hydrogen-bond donors (Lipinski definition) is 2. The second-order valence-corrected chi connectivity index (χ2v) is 7.54. The highest BCUT2D eigenvalue weighted by Gasteiger charge is 2.16. The summed E-state index contributed by atoms with van der Waals surface area (Å²) in [6, 6.07) is 13.0. The Bertz CT molecular complexity index is 1070. The summed E-state index contributed by atoms with van der Waals surface area (Å²) < 4.78 is 1.66. The van der Waals surface area contributed by atoms with E-state index in [9.17, 15) is 4.79 Å². The van der Waals surface area contributed by atoms with Gasteiger partial charge in [0.25, 0.3) is 5.91 Å². The van der Waals surface area contributed by atoms with E-state index in [2.05, 4.69) is 20.6 Å². The first-order chi connectivity index (χ1) is 13.1. The number of halogens is 2. The number of carbonyl (C=O) groups excluding carboxylic acids is 1. The van der Waals surface area contributed by atoms with Gasteiger partial charge < -0.3 is 5.32 Å². The molecule has 0 atom stereocenters. The predicted molar refractivity (Wildman–Crippen MR) is 108 cm³/mol. The van der Waals surface area contributed by atoms with Gasteiger partial charge >= 0.3 is 0 Å². The highest BCUT2D eigenvalue weighted by Crippen LogP contribution is 2.24. The molecule has 1 aromatic carbocycles. The highest BCUT2D eigenvalue weighted by atomic mass is 35.5. The number of benzene rings is 1. The Labute approximate surface area is 168 Å². The van der Waals surface area contributed by atoms with Gasteiger partial charge in [0.2, 0.25) is 0 Å². The number of nitrogens with one attached hydrogen (secondary N) is 2. The van der Waals surface area contributed by atoms with Crippen molar-refractivity contribution < 1.29 is 4.79 Å². The Morgan fingerprint density at radius 1 is 1.22 bits per heavy atom. The third-order valence-electron chi connectivity index (χ3n) is 3.80. The van der Waals surface area contributed by atoms with Crippen LogP contribution < -0.4 is 5.32 Å². The molecule has 4 rings (SSSR count). The first kappa shape index (κ1) is 17.8. The summed E-state index contributed by atoms with van der Waals surface area (Å²) in [5, 5.41) is 16.9. The lowest BCUT2D eigenvalue weighted by Gasteiger charge is -2.02. The summed E-state index contributed by atoms with van der Waals surface area (Å²) in [5.74, 6) is -0.0935. The van der Waals surface area contributed by atoms with Gasteiger partial charge in [-0.1, -0.05) is 41.4 Å². The molecule has 9 heteroatoms. The zero-order valence-electron chi connectivity index (χ0n) is 13.8. The molecule has 136 valence electrons. The normalized spacial score (nSPS) is 10.9. The number of anilines is 1. The lowest BCUT2D eigenvalue weighted by Crippen LogP contribution is -2.13. The summed E-state index contributed by atoms with van der Waals surface area (Å²) in [7, 11) is 0. The van der Waals surface area contributed by atoms with Crippen LogP contribution in [0.25, 0.3) is 10.6 Å². The summed E-state index contributed by atoms with van der Waals surface area (Å²) >= 11 is 13.7. The number of nitrogens with zero attached hydrogens (tertiary/aromatic N) is 3. The van der Waals surface area contributed by atoms with E-state index in [1.807, 2.05) is 41.8 Å². The van der Waals surface area contributed by atoms with Crippen molar-refractivity contribution in [2.24, 2.45) is 0 Å². The molecule has 3 aromatic heterocycles. The molecule has 0 unspecified atom stereocenters. The van der Waals surface area contributed by atoms with Gasteiger partial charge in [0.05, 0.1) is 17.1 Å². The van der Waals surface area contributed by atoms with Crippen LogP contribution in [0.3, 0.4) is 0 Å². The van der Waals surface area contributed by atoms with E-state index < -0.39 is 0 Å². The Morgan fingerprint density at radius 2 is 2.04 bits per heavy atom. The number of amides is 1. The van der Waals surface area contributed by atoms with Crippen LogP contribution in [0.5, 0.6) is 0 Å². The molecule has 0 saturated carbocycles. The average Bonchev–Trinajstić information content (AvgIpc) is 3.38. The van der Waals surface area contributed by atoms with Crippen molar-refractivity contribution in [2.75, 3.05) is 5.32 Å². The molecule has 0 aliphatic carbocycles. The molecule has 0 aliphatic rings. The number of H-pyrrole nitrogens is 1. The minimum Gasteiger partial charge on any atom is -0.302 e. The van der Waals surface area contributed by atoms with E-state index in [1.165, 1.54) is 0 Å². The van der Waals surface area contributed by atoms with E-state index in [0.29, 0.717) is 16.6 Å². The van der Waals surface area contributed by atoms with Gasteiger partial charge in [-0.2, -0.15) is 10.2 Å². The highest BCUT2D eigenvalue weighted by molar-refractivity contribution is 7.13. The lowest BCUT2D eigenvalue weighted by molar-refractivity contribution is 0.102. The van der Waals surface area contributed by atoms with Crippen molar-refractivity contribution in [3.8, 4) is 10.6 Å². The van der Waals surface area contributed by atoms with E-state index in [1.54, 1.807) is 28.3 Å². The summed E-state index contributed by atoms with van der Waals surface area (Å²) in [6.45, 7) is 0.512. The average molecular weight is 418 g/mol. The smallest absolute Gasteiger partial charge is 0.277 e. The van der Waals surface area contributed by atoms with Crippen molar-refractivity contribution >= 4 is 46.3 Å². The zero-order valence-corrected chi connectivity index (χ0v) is 16.1. The second-order valence-electron chi connectivity index (χ2n) is 5.75. The molecule has 0 saturated heterocycles. The third kappa shape index (κ3) is 4.05. The summed E-state index contributed by atoms with van der Waals surface area (Å²) in [6.07, 6.45) is 1.66. The molecule has 0 fully saturated rings. The SMILES string of the molecule is O=C(Nc1nn(Cc2ccc(Cl)cc2)cc1Cl)c1cc(-c2cccs2)[nH]n1. The largest absolute Gasteiger partial charge is 0.302 e. The van der Waals surface area contributed by atoms with Gasteiger partial charge in [-0.25, -0.2) is 0 Å². The lowest BCUT2D eigenvalue weighted by atomic mass is 10.2. The van der Waals surface area contributed by atoms with Crippen LogP contribution in [0.4, 0.5) is 5.82 Å². The van der Waals surface area contributed by atoms with Crippen LogP contribution in [-0.4, -0.2) is 25.9 Å². The Hall–Kier alpha value is -2.61. The van der Waals surface area contributed by atoms with Crippen LogP contribution in [0.2, 0.25) is 10.0 Å². The van der Waals surface area contributed by atoms with E-state index in [-0.39, 0.29) is 17.4 Å². The third-order valence-corrected chi connectivity index (χ3v) is 5.24. The molecule has 0 spiro atoms. The Kier molecular flexibility index (Phi) is 4.98.